The van der Waals surface area contributed by atoms with E-state index >= 15 is 0 Å². The lowest BCUT2D eigenvalue weighted by Crippen LogP contribution is -2.32. The second-order valence-electron chi connectivity index (χ2n) is 4.48. The highest BCUT2D eigenvalue weighted by Gasteiger charge is 2.16. The smallest absolute Gasteiger partial charge is 0.129 e. The van der Waals surface area contributed by atoms with E-state index in [1.165, 1.54) is 12.8 Å². The highest BCUT2D eigenvalue weighted by atomic mass is 16.4. The molecule has 1 aliphatic rings. The highest BCUT2D eigenvalue weighted by molar-refractivity contribution is 5.06. The van der Waals surface area contributed by atoms with Gasteiger partial charge in [0.25, 0.3) is 0 Å². The number of furan rings is 1. The molecular weight excluding hydrogens is 190 g/mol. The van der Waals surface area contributed by atoms with Crippen LogP contribution in [0.15, 0.2) is 16.5 Å². The Labute approximate surface area is 90.7 Å². The lowest BCUT2D eigenvalue weighted by molar-refractivity contribution is 0.169. The Morgan fingerprint density at radius 3 is 2.60 bits per heavy atom. The summed E-state index contributed by atoms with van der Waals surface area (Å²) in [4.78, 5) is 2.42. The van der Waals surface area contributed by atoms with Crippen LogP contribution in [0.1, 0.15) is 31.3 Å². The minimum Gasteiger partial charge on any atom is -0.462 e. The van der Waals surface area contributed by atoms with Gasteiger partial charge in [0.1, 0.15) is 18.1 Å². The summed E-state index contributed by atoms with van der Waals surface area (Å²) >= 11 is 0. The van der Waals surface area contributed by atoms with E-state index in [-0.39, 0.29) is 6.61 Å². The Morgan fingerprint density at radius 1 is 1.33 bits per heavy atom. The van der Waals surface area contributed by atoms with E-state index in [0.717, 1.165) is 31.3 Å². The van der Waals surface area contributed by atoms with Crippen LogP contribution in [0.25, 0.3) is 0 Å². The number of likely N-dealkylation sites (tertiary alicyclic amines) is 1. The van der Waals surface area contributed by atoms with E-state index in [4.69, 9.17) is 9.52 Å². The van der Waals surface area contributed by atoms with Crippen molar-refractivity contribution in [3.63, 3.8) is 0 Å². The molecule has 0 radical (unpaired) electrons. The van der Waals surface area contributed by atoms with Crippen molar-refractivity contribution in [3.05, 3.63) is 23.7 Å². The van der Waals surface area contributed by atoms with Crippen molar-refractivity contribution in [2.24, 2.45) is 5.92 Å². The van der Waals surface area contributed by atoms with Crippen molar-refractivity contribution in [1.82, 2.24) is 4.90 Å². The summed E-state index contributed by atoms with van der Waals surface area (Å²) in [5, 5.41) is 8.88. The molecule has 3 nitrogen and oxygen atoms in total. The summed E-state index contributed by atoms with van der Waals surface area (Å²) in [5.41, 5.74) is 0. The second-order valence-corrected chi connectivity index (χ2v) is 4.48. The van der Waals surface area contributed by atoms with Crippen LogP contribution in [0.4, 0.5) is 0 Å². The van der Waals surface area contributed by atoms with Crippen LogP contribution >= 0.6 is 0 Å². The van der Waals surface area contributed by atoms with E-state index < -0.39 is 0 Å². The molecule has 2 heterocycles. The number of aliphatic hydroxyl groups excluding tert-OH is 1. The van der Waals surface area contributed by atoms with Gasteiger partial charge in [0.2, 0.25) is 0 Å². The molecule has 1 N–H and O–H groups in total. The topological polar surface area (TPSA) is 36.6 Å². The third kappa shape index (κ3) is 2.83. The summed E-state index contributed by atoms with van der Waals surface area (Å²) in [6, 6.07) is 3.81. The lowest BCUT2D eigenvalue weighted by atomic mass is 9.99. The molecule has 0 spiro atoms. The number of nitrogens with zero attached hydrogens (tertiary/aromatic N) is 1. The maximum atomic E-state index is 8.88. The van der Waals surface area contributed by atoms with Gasteiger partial charge >= 0.3 is 0 Å². The summed E-state index contributed by atoms with van der Waals surface area (Å²) in [6.45, 7) is 5.52. The van der Waals surface area contributed by atoms with Crippen LogP contribution in [0, 0.1) is 5.92 Å². The second kappa shape index (κ2) is 4.81. The predicted molar refractivity (Wildman–Crippen MR) is 58.3 cm³/mol. The van der Waals surface area contributed by atoms with Gasteiger partial charge in [-0.15, -0.1) is 0 Å². The zero-order chi connectivity index (χ0) is 10.7. The maximum absolute atomic E-state index is 8.88. The highest BCUT2D eigenvalue weighted by Crippen LogP contribution is 2.18. The molecule has 0 unspecified atom stereocenters. The molecule has 1 saturated heterocycles. The molecule has 2 rings (SSSR count). The molecule has 0 saturated carbocycles. The van der Waals surface area contributed by atoms with E-state index in [2.05, 4.69) is 11.8 Å². The molecule has 1 aromatic heterocycles. The zero-order valence-corrected chi connectivity index (χ0v) is 9.28. The molecule has 84 valence electrons. The Balaban J connectivity index is 1.86. The molecule has 0 aromatic carbocycles. The molecule has 1 aromatic rings. The first kappa shape index (κ1) is 10.7. The van der Waals surface area contributed by atoms with E-state index in [0.29, 0.717) is 5.76 Å². The molecule has 0 bridgehead atoms. The van der Waals surface area contributed by atoms with Crippen LogP contribution < -0.4 is 0 Å². The van der Waals surface area contributed by atoms with Gasteiger partial charge in [-0.1, -0.05) is 6.92 Å². The van der Waals surface area contributed by atoms with Crippen LogP contribution in [-0.4, -0.2) is 23.1 Å². The SMILES string of the molecule is CC1CCN(Cc2ccc(CO)o2)CC1. The van der Waals surface area contributed by atoms with E-state index in [9.17, 15) is 0 Å². The number of hydrogen-bond donors (Lipinski definition) is 1. The van der Waals surface area contributed by atoms with Crippen molar-refractivity contribution in [2.45, 2.75) is 32.9 Å². The lowest BCUT2D eigenvalue weighted by Gasteiger charge is -2.29. The monoisotopic (exact) mass is 209 g/mol. The van der Waals surface area contributed by atoms with Crippen molar-refractivity contribution in [2.75, 3.05) is 13.1 Å². The van der Waals surface area contributed by atoms with Gasteiger partial charge < -0.3 is 9.52 Å². The van der Waals surface area contributed by atoms with Gasteiger partial charge in [-0.25, -0.2) is 0 Å². The predicted octanol–water partition coefficient (Wildman–Crippen LogP) is 2.00. The molecule has 0 amide bonds. The summed E-state index contributed by atoms with van der Waals surface area (Å²) in [5.74, 6) is 2.50. The fourth-order valence-electron chi connectivity index (χ4n) is 2.03. The number of hydrogen-bond acceptors (Lipinski definition) is 3. The molecule has 0 atom stereocenters. The van der Waals surface area contributed by atoms with Crippen molar-refractivity contribution in [3.8, 4) is 0 Å². The van der Waals surface area contributed by atoms with E-state index in [1.807, 2.05) is 12.1 Å². The largest absolute Gasteiger partial charge is 0.462 e. The maximum Gasteiger partial charge on any atom is 0.129 e. The van der Waals surface area contributed by atoms with Crippen LogP contribution in [0.3, 0.4) is 0 Å². The first-order chi connectivity index (χ1) is 7.28. The average Bonchev–Trinajstić information content (AvgIpc) is 2.69. The summed E-state index contributed by atoms with van der Waals surface area (Å²) < 4.78 is 5.47. The first-order valence-corrected chi connectivity index (χ1v) is 5.68. The van der Waals surface area contributed by atoms with Gasteiger partial charge in [0, 0.05) is 0 Å². The van der Waals surface area contributed by atoms with Gasteiger partial charge in [-0.05, 0) is 44.0 Å². The third-order valence-electron chi connectivity index (χ3n) is 3.13. The molecule has 15 heavy (non-hydrogen) atoms. The first-order valence-electron chi connectivity index (χ1n) is 5.68. The quantitative estimate of drug-likeness (QED) is 0.827. The molecule has 1 aliphatic heterocycles. The Kier molecular flexibility index (Phi) is 3.44. The fraction of sp³-hybridized carbons (Fsp3) is 0.667. The normalized spacial score (nSPS) is 19.6. The van der Waals surface area contributed by atoms with Crippen molar-refractivity contribution >= 4 is 0 Å². The average molecular weight is 209 g/mol. The van der Waals surface area contributed by atoms with Crippen LogP contribution in [0.5, 0.6) is 0 Å². The Bertz CT molecular complexity index is 300. The van der Waals surface area contributed by atoms with Crippen molar-refractivity contribution < 1.29 is 9.52 Å². The molecule has 3 heteroatoms. The van der Waals surface area contributed by atoms with Crippen LogP contribution in [0.2, 0.25) is 0 Å². The third-order valence-corrected chi connectivity index (χ3v) is 3.13. The van der Waals surface area contributed by atoms with E-state index in [1.54, 1.807) is 0 Å². The van der Waals surface area contributed by atoms with Gasteiger partial charge in [-0.3, -0.25) is 4.90 Å². The van der Waals surface area contributed by atoms with Gasteiger partial charge in [-0.2, -0.15) is 0 Å². The van der Waals surface area contributed by atoms with Crippen LogP contribution in [-0.2, 0) is 13.2 Å². The minimum atomic E-state index is -0.00294. The van der Waals surface area contributed by atoms with Gasteiger partial charge in [0.05, 0.1) is 6.54 Å². The Hall–Kier alpha value is -0.800. The fourth-order valence-corrected chi connectivity index (χ4v) is 2.03. The standard InChI is InChI=1S/C12H19NO2/c1-10-4-6-13(7-5-10)8-11-2-3-12(9-14)15-11/h2-3,10,14H,4-9H2,1H3. The van der Waals surface area contributed by atoms with Crippen molar-refractivity contribution in [1.29, 1.82) is 0 Å². The zero-order valence-electron chi connectivity index (χ0n) is 9.28. The summed E-state index contributed by atoms with van der Waals surface area (Å²) in [7, 11) is 0. The Morgan fingerprint density at radius 2 is 2.00 bits per heavy atom. The van der Waals surface area contributed by atoms with Gasteiger partial charge in [0.15, 0.2) is 0 Å². The molecule has 0 aliphatic carbocycles. The molecule has 1 fully saturated rings. The molecular formula is C12H19NO2. The summed E-state index contributed by atoms with van der Waals surface area (Å²) in [6.07, 6.45) is 2.57. The number of piperidine rings is 1. The number of aliphatic hydroxyl groups is 1. The minimum absolute atomic E-state index is 0.00294. The number of rotatable bonds is 3.